The molecule has 1 aliphatic heterocycles. The number of hydrogen-bond donors (Lipinski definition) is 2. The zero-order chi connectivity index (χ0) is 9.42. The number of fused-ring (bicyclic) bond motifs is 1. The van der Waals surface area contributed by atoms with Crippen LogP contribution < -0.4 is 10.5 Å². The van der Waals surface area contributed by atoms with Crippen molar-refractivity contribution in [3.63, 3.8) is 0 Å². The summed E-state index contributed by atoms with van der Waals surface area (Å²) in [6.45, 7) is 0.498. The van der Waals surface area contributed by atoms with Crippen LogP contribution in [0, 0.1) is 5.82 Å². The molecule has 70 valence electrons. The number of nitrogens with two attached hydrogens (primary N) is 1. The Balaban J connectivity index is 2.58. The van der Waals surface area contributed by atoms with E-state index in [-0.39, 0.29) is 17.4 Å². The zero-order valence-corrected chi connectivity index (χ0v) is 6.96. The Morgan fingerprint density at radius 2 is 2.31 bits per heavy atom. The molecule has 4 heteroatoms. The summed E-state index contributed by atoms with van der Waals surface area (Å²) in [5.41, 5.74) is 5.97. The summed E-state index contributed by atoms with van der Waals surface area (Å²) in [4.78, 5) is 0. The van der Waals surface area contributed by atoms with Crippen molar-refractivity contribution in [3.05, 3.63) is 23.5 Å². The number of phenols is 1. The van der Waals surface area contributed by atoms with Crippen molar-refractivity contribution < 1.29 is 14.2 Å². The lowest BCUT2D eigenvalue weighted by Gasteiger charge is -2.23. The van der Waals surface area contributed by atoms with Gasteiger partial charge in [-0.25, -0.2) is 4.39 Å². The van der Waals surface area contributed by atoms with Gasteiger partial charge in [0.15, 0.2) is 11.6 Å². The van der Waals surface area contributed by atoms with Crippen LogP contribution in [0.2, 0.25) is 0 Å². The zero-order valence-electron chi connectivity index (χ0n) is 6.96. The van der Waals surface area contributed by atoms with Gasteiger partial charge in [-0.15, -0.1) is 0 Å². The molecule has 1 aromatic carbocycles. The van der Waals surface area contributed by atoms with Crippen LogP contribution in [0.15, 0.2) is 12.1 Å². The van der Waals surface area contributed by atoms with Gasteiger partial charge >= 0.3 is 0 Å². The summed E-state index contributed by atoms with van der Waals surface area (Å²) in [5, 5.41) is 9.11. The molecule has 0 aliphatic carbocycles. The van der Waals surface area contributed by atoms with Crippen molar-refractivity contribution in [2.75, 3.05) is 6.61 Å². The Bertz CT molecular complexity index is 341. The standard InChI is InChI=1S/C9H10FNO2/c10-9-6(12)1-2-7-8(9)5(11)3-4-13-7/h1-2,5,12H,3-4,11H2. The second-order valence-electron chi connectivity index (χ2n) is 3.05. The summed E-state index contributed by atoms with van der Waals surface area (Å²) in [7, 11) is 0. The molecule has 0 spiro atoms. The maximum absolute atomic E-state index is 13.3. The molecule has 1 aliphatic rings. The molecule has 0 bridgehead atoms. The van der Waals surface area contributed by atoms with E-state index in [0.717, 1.165) is 0 Å². The molecule has 0 amide bonds. The van der Waals surface area contributed by atoms with Crippen LogP contribution in [0.1, 0.15) is 18.0 Å². The van der Waals surface area contributed by atoms with Crippen LogP contribution in [-0.2, 0) is 0 Å². The minimum atomic E-state index is -0.662. The van der Waals surface area contributed by atoms with Gasteiger partial charge in [0.1, 0.15) is 5.75 Å². The maximum atomic E-state index is 13.3. The lowest BCUT2D eigenvalue weighted by molar-refractivity contribution is 0.261. The van der Waals surface area contributed by atoms with Gasteiger partial charge in [0.2, 0.25) is 0 Å². The van der Waals surface area contributed by atoms with Gasteiger partial charge < -0.3 is 15.6 Å². The van der Waals surface area contributed by atoms with Gasteiger partial charge in [-0.3, -0.25) is 0 Å². The van der Waals surface area contributed by atoms with Crippen LogP contribution in [-0.4, -0.2) is 11.7 Å². The largest absolute Gasteiger partial charge is 0.505 e. The van der Waals surface area contributed by atoms with Crippen LogP contribution in [0.4, 0.5) is 4.39 Å². The van der Waals surface area contributed by atoms with Crippen LogP contribution >= 0.6 is 0 Å². The molecule has 13 heavy (non-hydrogen) atoms. The molecule has 3 N–H and O–H groups in total. The van der Waals surface area contributed by atoms with Gasteiger partial charge in [0.05, 0.1) is 12.2 Å². The number of phenolic OH excluding ortho intramolecular Hbond substituents is 1. The van der Waals surface area contributed by atoms with E-state index in [0.29, 0.717) is 18.8 Å². The molecule has 1 atom stereocenters. The highest BCUT2D eigenvalue weighted by molar-refractivity contribution is 5.44. The number of hydrogen-bond acceptors (Lipinski definition) is 3. The predicted molar refractivity (Wildman–Crippen MR) is 45.1 cm³/mol. The first-order valence-electron chi connectivity index (χ1n) is 4.10. The molecule has 0 aromatic heterocycles. The van der Waals surface area contributed by atoms with E-state index in [1.807, 2.05) is 0 Å². The molecule has 1 unspecified atom stereocenters. The summed E-state index contributed by atoms with van der Waals surface area (Å²) in [5.74, 6) is -0.599. The molecule has 1 aromatic rings. The molecule has 0 saturated carbocycles. The minimum Gasteiger partial charge on any atom is -0.505 e. The van der Waals surface area contributed by atoms with Crippen molar-refractivity contribution in [1.82, 2.24) is 0 Å². The third-order valence-electron chi connectivity index (χ3n) is 2.18. The van der Waals surface area contributed by atoms with E-state index < -0.39 is 5.82 Å². The number of rotatable bonds is 0. The van der Waals surface area contributed by atoms with Crippen molar-refractivity contribution >= 4 is 0 Å². The van der Waals surface area contributed by atoms with Crippen LogP contribution in [0.5, 0.6) is 11.5 Å². The Morgan fingerprint density at radius 3 is 3.08 bits per heavy atom. The smallest absolute Gasteiger partial charge is 0.173 e. The fourth-order valence-electron chi connectivity index (χ4n) is 1.48. The first-order chi connectivity index (χ1) is 6.20. The number of ether oxygens (including phenoxy) is 1. The molecule has 3 nitrogen and oxygen atoms in total. The second-order valence-corrected chi connectivity index (χ2v) is 3.05. The van der Waals surface area contributed by atoms with Crippen LogP contribution in [0.3, 0.4) is 0 Å². The van der Waals surface area contributed by atoms with Crippen molar-refractivity contribution in [3.8, 4) is 11.5 Å². The maximum Gasteiger partial charge on any atom is 0.173 e. The second kappa shape index (κ2) is 2.88. The highest BCUT2D eigenvalue weighted by atomic mass is 19.1. The predicted octanol–water partition coefficient (Wildman–Crippen LogP) is 1.31. The van der Waals surface area contributed by atoms with E-state index >= 15 is 0 Å². The van der Waals surface area contributed by atoms with Crippen LogP contribution in [0.25, 0.3) is 0 Å². The Morgan fingerprint density at radius 1 is 1.54 bits per heavy atom. The van der Waals surface area contributed by atoms with Gasteiger partial charge in [0, 0.05) is 12.5 Å². The summed E-state index contributed by atoms with van der Waals surface area (Å²) >= 11 is 0. The van der Waals surface area contributed by atoms with E-state index in [9.17, 15) is 4.39 Å². The molecule has 1 heterocycles. The van der Waals surface area contributed by atoms with E-state index in [4.69, 9.17) is 15.6 Å². The number of benzene rings is 1. The van der Waals surface area contributed by atoms with E-state index in [1.54, 1.807) is 0 Å². The van der Waals surface area contributed by atoms with Crippen molar-refractivity contribution in [1.29, 1.82) is 0 Å². The Hall–Kier alpha value is -1.29. The third-order valence-corrected chi connectivity index (χ3v) is 2.18. The fraction of sp³-hybridized carbons (Fsp3) is 0.333. The normalized spacial score (nSPS) is 20.6. The van der Waals surface area contributed by atoms with Gasteiger partial charge in [-0.05, 0) is 12.1 Å². The first kappa shape index (κ1) is 8.31. The molecule has 0 saturated heterocycles. The summed E-state index contributed by atoms with van der Waals surface area (Å²) in [6.07, 6.45) is 0.577. The quantitative estimate of drug-likeness (QED) is 0.637. The van der Waals surface area contributed by atoms with E-state index in [2.05, 4.69) is 0 Å². The summed E-state index contributed by atoms with van der Waals surface area (Å²) < 4.78 is 18.5. The number of halogens is 1. The molecular formula is C9H10FNO2. The highest BCUT2D eigenvalue weighted by Crippen LogP contribution is 2.36. The first-order valence-corrected chi connectivity index (χ1v) is 4.10. The lowest BCUT2D eigenvalue weighted by atomic mass is 10.0. The highest BCUT2D eigenvalue weighted by Gasteiger charge is 2.23. The van der Waals surface area contributed by atoms with Crippen molar-refractivity contribution in [2.45, 2.75) is 12.5 Å². The summed E-state index contributed by atoms with van der Waals surface area (Å²) in [6, 6.07) is 2.43. The van der Waals surface area contributed by atoms with Crippen molar-refractivity contribution in [2.24, 2.45) is 5.73 Å². The lowest BCUT2D eigenvalue weighted by Crippen LogP contribution is -2.21. The van der Waals surface area contributed by atoms with E-state index in [1.165, 1.54) is 12.1 Å². The van der Waals surface area contributed by atoms with Gasteiger partial charge in [0.25, 0.3) is 0 Å². The number of aromatic hydroxyl groups is 1. The topological polar surface area (TPSA) is 55.5 Å². The Kier molecular flexibility index (Phi) is 1.84. The fourth-order valence-corrected chi connectivity index (χ4v) is 1.48. The van der Waals surface area contributed by atoms with Gasteiger partial charge in [-0.2, -0.15) is 0 Å². The monoisotopic (exact) mass is 183 g/mol. The van der Waals surface area contributed by atoms with Gasteiger partial charge in [-0.1, -0.05) is 0 Å². The minimum absolute atomic E-state index is 0.284. The average molecular weight is 183 g/mol. The molecule has 0 fully saturated rings. The Labute approximate surface area is 74.9 Å². The SMILES string of the molecule is NC1CCOc2ccc(O)c(F)c21. The molecule has 2 rings (SSSR count). The average Bonchev–Trinajstić information content (AvgIpc) is 2.12. The third kappa shape index (κ3) is 1.23. The molecule has 0 radical (unpaired) electrons. The molecular weight excluding hydrogens is 173 g/mol.